The monoisotopic (exact) mass is 486 g/mol. The Kier molecular flexibility index (Phi) is 6.15. The third-order valence-electron chi connectivity index (χ3n) is 6.48. The summed E-state index contributed by atoms with van der Waals surface area (Å²) in [6.45, 7) is 0. The topological polar surface area (TPSA) is 20.2 Å². The lowest BCUT2D eigenvalue weighted by Gasteiger charge is -2.25. The van der Waals surface area contributed by atoms with E-state index in [9.17, 15) is 4.89 Å². The Balaban J connectivity index is 1.77. The molecule has 1 unspecified atom stereocenters. The fraction of sp³-hybridized carbons (Fsp3) is 0. The van der Waals surface area contributed by atoms with Gasteiger partial charge in [0.15, 0.2) is 0 Å². The van der Waals surface area contributed by atoms with Crippen molar-refractivity contribution in [2.24, 2.45) is 0 Å². The van der Waals surface area contributed by atoms with Gasteiger partial charge in [-0.15, -0.1) is 0 Å². The zero-order chi connectivity index (χ0) is 23.6. The molecule has 0 aliphatic heterocycles. The largest absolute Gasteiger partial charge is 0.372 e. The number of hydrogen-bond donors (Lipinski definition) is 1. The van der Waals surface area contributed by atoms with Gasteiger partial charge in [0.25, 0.3) is 0 Å². The van der Waals surface area contributed by atoms with Crippen LogP contribution in [0.4, 0.5) is 0 Å². The van der Waals surface area contributed by atoms with Crippen LogP contribution in [0.25, 0.3) is 32.7 Å². The lowest BCUT2D eigenvalue weighted by Crippen LogP contribution is -2.23. The van der Waals surface area contributed by atoms with E-state index in [-0.39, 0.29) is 8.81 Å². The van der Waals surface area contributed by atoms with Gasteiger partial charge in [0.05, 0.1) is 0 Å². The Morgan fingerprint density at radius 1 is 0.457 bits per heavy atom. The van der Waals surface area contributed by atoms with Gasteiger partial charge in [-0.3, -0.25) is 0 Å². The van der Waals surface area contributed by atoms with E-state index in [1.54, 1.807) is 0 Å². The van der Waals surface area contributed by atoms with Crippen LogP contribution in [0.15, 0.2) is 133 Å². The lowest BCUT2D eigenvalue weighted by molar-refractivity contribution is 0.655. The second kappa shape index (κ2) is 9.73. The van der Waals surface area contributed by atoms with Gasteiger partial charge in [-0.2, -0.15) is 0 Å². The molecule has 0 fully saturated rings. The normalized spacial score (nSPS) is 11.7. The summed E-state index contributed by atoms with van der Waals surface area (Å²) in [6.07, 6.45) is 0. The smallest absolute Gasteiger partial charge is 0.0426 e. The van der Waals surface area contributed by atoms with Crippen molar-refractivity contribution < 1.29 is 4.89 Å². The summed E-state index contributed by atoms with van der Waals surface area (Å²) >= 11 is 0. The van der Waals surface area contributed by atoms with Crippen molar-refractivity contribution in [3.05, 3.63) is 133 Å². The van der Waals surface area contributed by atoms with E-state index in [2.05, 4.69) is 133 Å². The molecule has 1 nitrogen and oxygen atoms in total. The molecule has 168 valence electrons. The Bertz CT molecular complexity index is 1590. The fourth-order valence-electron chi connectivity index (χ4n) is 4.92. The maximum Gasteiger partial charge on any atom is 0.0426 e. The summed E-state index contributed by atoms with van der Waals surface area (Å²) in [5.74, 6) is 0. The minimum Gasteiger partial charge on any atom is -0.372 e. The van der Waals surface area contributed by atoms with Gasteiger partial charge in [0, 0.05) is 19.7 Å². The van der Waals surface area contributed by atoms with Gasteiger partial charge in [-0.1, -0.05) is 133 Å². The Morgan fingerprint density at radius 2 is 0.943 bits per heavy atom. The first-order chi connectivity index (χ1) is 17.3. The molecular weight excluding hydrogens is 462 g/mol. The molecule has 0 amide bonds. The van der Waals surface area contributed by atoms with Crippen LogP contribution in [0, 0.1) is 0 Å². The van der Waals surface area contributed by atoms with Crippen LogP contribution in [0.1, 0.15) is 0 Å². The number of rotatable bonds is 5. The van der Waals surface area contributed by atoms with Crippen molar-refractivity contribution in [2.45, 2.75) is 0 Å². The second-order valence-corrected chi connectivity index (χ2v) is 11.5. The first-order valence-corrected chi connectivity index (χ1v) is 14.0. The maximum atomic E-state index is 10.5. The molecule has 0 radical (unpaired) electrons. The molecule has 0 bridgehead atoms. The highest BCUT2D eigenvalue weighted by molar-refractivity contribution is 7.80. The summed E-state index contributed by atoms with van der Waals surface area (Å²) in [7, 11) is -1.10. The van der Waals surface area contributed by atoms with Crippen LogP contribution in [0.3, 0.4) is 0 Å². The quantitative estimate of drug-likeness (QED) is 0.271. The summed E-state index contributed by atoms with van der Waals surface area (Å²) < 4.78 is 0. The molecule has 1 atom stereocenters. The standard InChI is InChI=1S/C32H24OP2/c33-34-29-21-19-23-11-7-9-17-27(23)31(29)32-28-18-10-8-12-24(28)20-22-30(32)35(25-13-3-1-4-14-25)26-15-5-2-6-16-26/h1-22,33-34H. The SMILES string of the molecule is OPc1ccc2ccccc2c1-c1c(P(c2ccccc2)c2ccccc2)ccc2ccccc12. The minimum atomic E-state index is -0.815. The number of hydrogen-bond acceptors (Lipinski definition) is 1. The number of benzene rings is 6. The maximum absolute atomic E-state index is 10.5. The van der Waals surface area contributed by atoms with Crippen LogP contribution in [0.2, 0.25) is 0 Å². The van der Waals surface area contributed by atoms with Crippen molar-refractivity contribution in [3.63, 3.8) is 0 Å². The molecular formula is C32H24OP2. The molecule has 6 aromatic carbocycles. The summed E-state index contributed by atoms with van der Waals surface area (Å²) in [4.78, 5) is 10.5. The number of fused-ring (bicyclic) bond motifs is 2. The fourth-order valence-corrected chi connectivity index (χ4v) is 7.93. The van der Waals surface area contributed by atoms with Gasteiger partial charge >= 0.3 is 0 Å². The third kappa shape index (κ3) is 4.07. The van der Waals surface area contributed by atoms with Crippen molar-refractivity contribution in [1.29, 1.82) is 0 Å². The lowest BCUT2D eigenvalue weighted by atomic mass is 9.93. The summed E-state index contributed by atoms with van der Waals surface area (Å²) in [5, 5.41) is 9.73. The Morgan fingerprint density at radius 3 is 1.51 bits per heavy atom. The minimum absolute atomic E-state index is 0.281. The first-order valence-electron chi connectivity index (χ1n) is 11.7. The first kappa shape index (κ1) is 22.1. The van der Waals surface area contributed by atoms with Crippen LogP contribution in [-0.4, -0.2) is 4.89 Å². The van der Waals surface area contributed by atoms with Crippen LogP contribution in [-0.2, 0) is 0 Å². The molecule has 0 spiro atoms. The molecule has 0 aliphatic rings. The highest BCUT2D eigenvalue weighted by Gasteiger charge is 2.24. The Labute approximate surface area is 208 Å². The third-order valence-corrected chi connectivity index (χ3v) is 9.62. The van der Waals surface area contributed by atoms with Crippen LogP contribution in [0.5, 0.6) is 0 Å². The van der Waals surface area contributed by atoms with Crippen LogP contribution >= 0.6 is 16.7 Å². The average molecular weight is 486 g/mol. The molecule has 1 N–H and O–H groups in total. The van der Waals surface area contributed by atoms with Gasteiger partial charge in [0.1, 0.15) is 0 Å². The van der Waals surface area contributed by atoms with E-state index in [1.807, 2.05) is 0 Å². The molecule has 0 heterocycles. The molecule has 0 aliphatic carbocycles. The van der Waals surface area contributed by atoms with E-state index in [0.29, 0.717) is 0 Å². The van der Waals surface area contributed by atoms with E-state index in [1.165, 1.54) is 43.0 Å². The van der Waals surface area contributed by atoms with Crippen molar-refractivity contribution in [1.82, 2.24) is 0 Å². The van der Waals surface area contributed by atoms with E-state index < -0.39 is 7.92 Å². The van der Waals surface area contributed by atoms with E-state index in [4.69, 9.17) is 0 Å². The molecule has 3 heteroatoms. The van der Waals surface area contributed by atoms with Gasteiger partial charge in [-0.05, 0) is 50.9 Å². The van der Waals surface area contributed by atoms with Crippen molar-refractivity contribution >= 4 is 59.5 Å². The highest BCUT2D eigenvalue weighted by atomic mass is 31.1. The molecule has 0 aromatic heterocycles. The zero-order valence-electron chi connectivity index (χ0n) is 19.1. The van der Waals surface area contributed by atoms with Gasteiger partial charge < -0.3 is 4.89 Å². The summed E-state index contributed by atoms with van der Waals surface area (Å²) in [6, 6.07) is 47.6. The molecule has 0 saturated heterocycles. The highest BCUT2D eigenvalue weighted by Crippen LogP contribution is 2.42. The zero-order valence-corrected chi connectivity index (χ0v) is 21.0. The summed E-state index contributed by atoms with van der Waals surface area (Å²) in [5.41, 5.74) is 2.38. The van der Waals surface area contributed by atoms with Crippen LogP contribution < -0.4 is 21.2 Å². The van der Waals surface area contributed by atoms with Crippen molar-refractivity contribution in [3.8, 4) is 11.1 Å². The van der Waals surface area contributed by atoms with Gasteiger partial charge in [-0.25, -0.2) is 0 Å². The molecule has 6 aromatic rings. The molecule has 0 saturated carbocycles. The second-order valence-electron chi connectivity index (χ2n) is 8.51. The van der Waals surface area contributed by atoms with E-state index >= 15 is 0 Å². The molecule has 35 heavy (non-hydrogen) atoms. The van der Waals surface area contributed by atoms with E-state index in [0.717, 1.165) is 10.9 Å². The van der Waals surface area contributed by atoms with Gasteiger partial charge in [0.2, 0.25) is 0 Å². The predicted octanol–water partition coefficient (Wildman–Crippen LogP) is 6.63. The predicted molar refractivity (Wildman–Crippen MR) is 156 cm³/mol. The average Bonchev–Trinajstić information content (AvgIpc) is 2.94. The molecule has 6 rings (SSSR count). The van der Waals surface area contributed by atoms with Crippen molar-refractivity contribution in [2.75, 3.05) is 0 Å². The Hall–Kier alpha value is -3.34.